The number of rotatable bonds is 2. The van der Waals surface area contributed by atoms with Gasteiger partial charge in [-0.1, -0.05) is 17.7 Å². The van der Waals surface area contributed by atoms with Gasteiger partial charge in [-0.3, -0.25) is 0 Å². The summed E-state index contributed by atoms with van der Waals surface area (Å²) in [6, 6.07) is 8.61. The van der Waals surface area contributed by atoms with Crippen LogP contribution < -0.4 is 10.2 Å². The van der Waals surface area contributed by atoms with Crippen LogP contribution in [0, 0.1) is 20.8 Å². The van der Waals surface area contributed by atoms with Crippen molar-refractivity contribution in [2.75, 3.05) is 31.1 Å². The predicted molar refractivity (Wildman–Crippen MR) is 91.4 cm³/mol. The van der Waals surface area contributed by atoms with Crippen LogP contribution in [-0.4, -0.2) is 36.1 Å². The molecule has 0 bridgehead atoms. The van der Waals surface area contributed by atoms with Crippen LogP contribution in [0.15, 0.2) is 24.3 Å². The van der Waals surface area contributed by atoms with Crippen molar-refractivity contribution in [1.82, 2.24) is 15.3 Å². The molecule has 0 saturated carbocycles. The quantitative estimate of drug-likeness (QED) is 0.925. The van der Waals surface area contributed by atoms with Gasteiger partial charge in [0.25, 0.3) is 0 Å². The number of anilines is 1. The Morgan fingerprint density at radius 2 is 1.86 bits per heavy atom. The molecular formula is C18H24N4. The molecule has 0 aliphatic carbocycles. The van der Waals surface area contributed by atoms with E-state index in [-0.39, 0.29) is 0 Å². The van der Waals surface area contributed by atoms with Gasteiger partial charge in [-0.2, -0.15) is 0 Å². The Balaban J connectivity index is 2.00. The molecule has 1 aliphatic heterocycles. The minimum atomic E-state index is 0.861. The Labute approximate surface area is 132 Å². The number of aryl methyl sites for hydroxylation is 3. The molecule has 3 rings (SSSR count). The fourth-order valence-electron chi connectivity index (χ4n) is 2.89. The van der Waals surface area contributed by atoms with Gasteiger partial charge < -0.3 is 10.2 Å². The molecule has 1 aliphatic rings. The van der Waals surface area contributed by atoms with E-state index in [2.05, 4.69) is 60.2 Å². The molecule has 0 radical (unpaired) electrons. The number of nitrogens with zero attached hydrogens (tertiary/aromatic N) is 3. The van der Waals surface area contributed by atoms with E-state index in [1.165, 1.54) is 16.7 Å². The summed E-state index contributed by atoms with van der Waals surface area (Å²) >= 11 is 0. The van der Waals surface area contributed by atoms with Crippen molar-refractivity contribution in [1.29, 1.82) is 0 Å². The van der Waals surface area contributed by atoms with Crippen LogP contribution in [0.1, 0.15) is 23.2 Å². The van der Waals surface area contributed by atoms with E-state index < -0.39 is 0 Å². The van der Waals surface area contributed by atoms with Crippen molar-refractivity contribution >= 4 is 5.95 Å². The summed E-state index contributed by atoms with van der Waals surface area (Å²) in [6.45, 7) is 10.4. The molecule has 0 amide bonds. The molecule has 4 nitrogen and oxygen atoms in total. The summed E-state index contributed by atoms with van der Waals surface area (Å²) in [5, 5.41) is 3.43. The zero-order chi connectivity index (χ0) is 15.5. The Hall–Kier alpha value is -1.94. The molecule has 4 heteroatoms. The van der Waals surface area contributed by atoms with Crippen LogP contribution in [0.3, 0.4) is 0 Å². The van der Waals surface area contributed by atoms with Crippen molar-refractivity contribution in [3.05, 3.63) is 41.1 Å². The monoisotopic (exact) mass is 296 g/mol. The third kappa shape index (κ3) is 3.28. The first kappa shape index (κ1) is 15.0. The van der Waals surface area contributed by atoms with Crippen LogP contribution in [0.5, 0.6) is 0 Å². The van der Waals surface area contributed by atoms with E-state index in [0.29, 0.717) is 0 Å². The van der Waals surface area contributed by atoms with E-state index in [1.54, 1.807) is 0 Å². The average Bonchev–Trinajstić information content (AvgIpc) is 2.78. The highest BCUT2D eigenvalue weighted by molar-refractivity contribution is 5.65. The second kappa shape index (κ2) is 6.44. The van der Waals surface area contributed by atoms with Crippen LogP contribution in [0.4, 0.5) is 5.95 Å². The summed E-state index contributed by atoms with van der Waals surface area (Å²) in [7, 11) is 0. The summed E-state index contributed by atoms with van der Waals surface area (Å²) < 4.78 is 0. The lowest BCUT2D eigenvalue weighted by atomic mass is 10.0. The summed E-state index contributed by atoms with van der Waals surface area (Å²) in [5.41, 5.74) is 5.78. The van der Waals surface area contributed by atoms with Gasteiger partial charge in [0.2, 0.25) is 5.95 Å². The molecule has 22 heavy (non-hydrogen) atoms. The van der Waals surface area contributed by atoms with Crippen LogP contribution >= 0.6 is 0 Å². The first-order chi connectivity index (χ1) is 10.6. The van der Waals surface area contributed by atoms with Gasteiger partial charge >= 0.3 is 0 Å². The molecule has 1 aromatic heterocycles. The fraction of sp³-hybridized carbons (Fsp3) is 0.444. The van der Waals surface area contributed by atoms with Crippen molar-refractivity contribution in [2.24, 2.45) is 0 Å². The Morgan fingerprint density at radius 3 is 2.73 bits per heavy atom. The predicted octanol–water partition coefficient (Wildman–Crippen LogP) is 2.87. The highest BCUT2D eigenvalue weighted by Crippen LogP contribution is 2.25. The molecule has 0 atom stereocenters. The zero-order valence-corrected chi connectivity index (χ0v) is 13.7. The van der Waals surface area contributed by atoms with Gasteiger partial charge in [0, 0.05) is 30.9 Å². The zero-order valence-electron chi connectivity index (χ0n) is 13.7. The minimum absolute atomic E-state index is 0.861. The topological polar surface area (TPSA) is 41.1 Å². The molecule has 2 heterocycles. The Kier molecular flexibility index (Phi) is 4.39. The smallest absolute Gasteiger partial charge is 0.226 e. The molecule has 1 fully saturated rings. The van der Waals surface area contributed by atoms with E-state index in [1.807, 2.05) is 0 Å². The molecule has 1 N–H and O–H groups in total. The Morgan fingerprint density at radius 1 is 1.00 bits per heavy atom. The van der Waals surface area contributed by atoms with E-state index in [0.717, 1.165) is 49.9 Å². The second-order valence-electron chi connectivity index (χ2n) is 6.10. The molecule has 2 aromatic rings. The van der Waals surface area contributed by atoms with Gasteiger partial charge in [-0.15, -0.1) is 0 Å². The van der Waals surface area contributed by atoms with Gasteiger partial charge in [0.15, 0.2) is 0 Å². The largest absolute Gasteiger partial charge is 0.339 e. The fourth-order valence-corrected chi connectivity index (χ4v) is 2.89. The normalized spacial score (nSPS) is 15.7. The second-order valence-corrected chi connectivity index (χ2v) is 6.10. The molecule has 0 unspecified atom stereocenters. The molecule has 1 saturated heterocycles. The maximum absolute atomic E-state index is 4.86. The minimum Gasteiger partial charge on any atom is -0.339 e. The number of benzene rings is 1. The van der Waals surface area contributed by atoms with Gasteiger partial charge in [-0.25, -0.2) is 9.97 Å². The van der Waals surface area contributed by atoms with E-state index >= 15 is 0 Å². The van der Waals surface area contributed by atoms with E-state index in [9.17, 15) is 0 Å². The molecule has 0 spiro atoms. The number of hydrogen-bond donors (Lipinski definition) is 1. The SMILES string of the molecule is Cc1ccc(C)c(-c2cc(C)nc(N3CCCNCC3)n2)c1. The highest BCUT2D eigenvalue weighted by atomic mass is 15.3. The highest BCUT2D eigenvalue weighted by Gasteiger charge is 2.14. The first-order valence-corrected chi connectivity index (χ1v) is 8.02. The lowest BCUT2D eigenvalue weighted by Gasteiger charge is -2.21. The molecular weight excluding hydrogens is 272 g/mol. The first-order valence-electron chi connectivity index (χ1n) is 8.02. The van der Waals surface area contributed by atoms with Gasteiger partial charge in [0.1, 0.15) is 0 Å². The Bertz CT molecular complexity index is 658. The molecule has 1 aromatic carbocycles. The maximum Gasteiger partial charge on any atom is 0.226 e. The average molecular weight is 296 g/mol. The van der Waals surface area contributed by atoms with Crippen molar-refractivity contribution in [3.8, 4) is 11.3 Å². The third-order valence-electron chi connectivity index (χ3n) is 4.13. The van der Waals surface area contributed by atoms with Crippen LogP contribution in [0.2, 0.25) is 0 Å². The third-order valence-corrected chi connectivity index (χ3v) is 4.13. The lowest BCUT2D eigenvalue weighted by Crippen LogP contribution is -2.29. The van der Waals surface area contributed by atoms with Gasteiger partial charge in [-0.05, 0) is 51.4 Å². The van der Waals surface area contributed by atoms with E-state index in [4.69, 9.17) is 4.98 Å². The lowest BCUT2D eigenvalue weighted by molar-refractivity contribution is 0.724. The summed E-state index contributed by atoms with van der Waals surface area (Å²) in [6.07, 6.45) is 1.14. The number of hydrogen-bond acceptors (Lipinski definition) is 4. The van der Waals surface area contributed by atoms with Crippen molar-refractivity contribution in [3.63, 3.8) is 0 Å². The number of aromatic nitrogens is 2. The van der Waals surface area contributed by atoms with Crippen LogP contribution in [0.25, 0.3) is 11.3 Å². The summed E-state index contributed by atoms with van der Waals surface area (Å²) in [5.74, 6) is 0.861. The van der Waals surface area contributed by atoms with Crippen LogP contribution in [-0.2, 0) is 0 Å². The molecule has 116 valence electrons. The maximum atomic E-state index is 4.86. The van der Waals surface area contributed by atoms with Gasteiger partial charge in [0.05, 0.1) is 5.69 Å². The summed E-state index contributed by atoms with van der Waals surface area (Å²) in [4.78, 5) is 11.8. The standard InChI is InChI=1S/C18H24N4/c1-13-5-6-14(2)16(11-13)17-12-15(3)20-18(21-17)22-9-4-7-19-8-10-22/h5-6,11-12,19H,4,7-10H2,1-3H3. The van der Waals surface area contributed by atoms with Crippen molar-refractivity contribution in [2.45, 2.75) is 27.2 Å². The number of nitrogens with one attached hydrogen (secondary N) is 1. The van der Waals surface area contributed by atoms with Crippen molar-refractivity contribution < 1.29 is 0 Å².